The van der Waals surface area contributed by atoms with Crippen LogP contribution in [0.3, 0.4) is 0 Å². The van der Waals surface area contributed by atoms with E-state index < -0.39 is 4.92 Å². The fraction of sp³-hybridized carbons (Fsp3) is 0.0667. The number of benzene rings is 2. The molecule has 0 aliphatic carbocycles. The molecule has 0 spiro atoms. The van der Waals surface area contributed by atoms with Crippen LogP contribution in [-0.4, -0.2) is 12.0 Å². The first kappa shape index (κ1) is 12.7. The molecule has 0 saturated heterocycles. The van der Waals surface area contributed by atoms with Crippen LogP contribution in [0.15, 0.2) is 48.5 Å². The summed E-state index contributed by atoms with van der Waals surface area (Å²) in [5.41, 5.74) is 2.76. The maximum absolute atomic E-state index is 10.5. The third-order valence-corrected chi connectivity index (χ3v) is 2.60. The molecule has 0 aliphatic heterocycles. The molecule has 0 amide bonds. The molecule has 4 nitrogen and oxygen atoms in total. The third kappa shape index (κ3) is 3.33. The largest absolute Gasteiger partial charge is 0.388 e. The monoisotopic (exact) mass is 252 g/mol. The van der Waals surface area contributed by atoms with Crippen LogP contribution in [0, 0.1) is 22.0 Å². The molecule has 0 aromatic heterocycles. The second kappa shape index (κ2) is 5.69. The molecule has 1 N–H and O–H groups in total. The average Bonchev–Trinajstić information content (AvgIpc) is 2.46. The van der Waals surface area contributed by atoms with Gasteiger partial charge in [0.25, 0.3) is 5.69 Å². The van der Waals surface area contributed by atoms with Crippen molar-refractivity contribution in [1.82, 2.24) is 0 Å². The van der Waals surface area contributed by atoms with Crippen LogP contribution in [0.2, 0.25) is 0 Å². The minimum absolute atomic E-state index is 0.0731. The lowest BCUT2D eigenvalue weighted by Gasteiger charge is -1.97. The summed E-state index contributed by atoms with van der Waals surface area (Å²) >= 11 is 0. The first-order chi connectivity index (χ1) is 9.19. The summed E-state index contributed by atoms with van der Waals surface area (Å²) in [7, 11) is 1.86. The fourth-order valence-electron chi connectivity index (χ4n) is 1.53. The zero-order valence-corrected chi connectivity index (χ0v) is 10.4. The van der Waals surface area contributed by atoms with Gasteiger partial charge in [-0.3, -0.25) is 10.1 Å². The number of rotatable bonds is 2. The second-order valence-corrected chi connectivity index (χ2v) is 3.88. The van der Waals surface area contributed by atoms with Crippen molar-refractivity contribution in [1.29, 1.82) is 0 Å². The van der Waals surface area contributed by atoms with Gasteiger partial charge in [-0.05, 0) is 36.4 Å². The highest BCUT2D eigenvalue weighted by molar-refractivity contribution is 5.50. The summed E-state index contributed by atoms with van der Waals surface area (Å²) in [4.78, 5) is 10.1. The average molecular weight is 252 g/mol. The van der Waals surface area contributed by atoms with Gasteiger partial charge in [-0.2, -0.15) is 0 Å². The lowest BCUT2D eigenvalue weighted by molar-refractivity contribution is -0.384. The Morgan fingerprint density at radius 1 is 0.947 bits per heavy atom. The van der Waals surface area contributed by atoms with Gasteiger partial charge < -0.3 is 5.32 Å². The van der Waals surface area contributed by atoms with Gasteiger partial charge in [0, 0.05) is 36.0 Å². The molecule has 0 heterocycles. The van der Waals surface area contributed by atoms with E-state index in [4.69, 9.17) is 0 Å². The molecule has 94 valence electrons. The summed E-state index contributed by atoms with van der Waals surface area (Å²) in [6, 6.07) is 13.9. The minimum atomic E-state index is -0.423. The zero-order chi connectivity index (χ0) is 13.7. The number of nitrogens with one attached hydrogen (secondary N) is 1. The number of nitro benzene ring substituents is 1. The van der Waals surface area contributed by atoms with Crippen molar-refractivity contribution in [3.63, 3.8) is 0 Å². The summed E-state index contributed by atoms with van der Waals surface area (Å²) in [6.45, 7) is 0. The van der Waals surface area contributed by atoms with E-state index in [1.54, 1.807) is 12.1 Å². The molecule has 0 radical (unpaired) electrons. The zero-order valence-electron chi connectivity index (χ0n) is 10.4. The molecule has 2 aromatic carbocycles. The number of nitrogens with zero attached hydrogens (tertiary/aromatic N) is 1. The van der Waals surface area contributed by atoms with Gasteiger partial charge in [0.1, 0.15) is 0 Å². The van der Waals surface area contributed by atoms with Gasteiger partial charge in [-0.15, -0.1) is 0 Å². The SMILES string of the molecule is CNc1ccc(C#Cc2ccc([N+](=O)[O-])cc2)cc1. The normalized spacial score (nSPS) is 9.32. The number of anilines is 1. The molecule has 0 saturated carbocycles. The molecule has 0 aliphatic rings. The van der Waals surface area contributed by atoms with Crippen LogP contribution in [0.1, 0.15) is 11.1 Å². The van der Waals surface area contributed by atoms with E-state index in [2.05, 4.69) is 17.2 Å². The number of hydrogen-bond donors (Lipinski definition) is 1. The van der Waals surface area contributed by atoms with Crippen molar-refractivity contribution in [3.8, 4) is 11.8 Å². The van der Waals surface area contributed by atoms with Crippen LogP contribution in [-0.2, 0) is 0 Å². The van der Waals surface area contributed by atoms with E-state index in [0.717, 1.165) is 16.8 Å². The molecule has 19 heavy (non-hydrogen) atoms. The van der Waals surface area contributed by atoms with E-state index >= 15 is 0 Å². The van der Waals surface area contributed by atoms with Crippen molar-refractivity contribution in [3.05, 3.63) is 69.8 Å². The number of non-ortho nitro benzene ring substituents is 1. The molecule has 0 fully saturated rings. The van der Waals surface area contributed by atoms with Crippen molar-refractivity contribution in [2.75, 3.05) is 12.4 Å². The maximum Gasteiger partial charge on any atom is 0.269 e. The van der Waals surface area contributed by atoms with Gasteiger partial charge >= 0.3 is 0 Å². The Labute approximate surface area is 111 Å². The van der Waals surface area contributed by atoms with Crippen molar-refractivity contribution < 1.29 is 4.92 Å². The third-order valence-electron chi connectivity index (χ3n) is 2.60. The summed E-state index contributed by atoms with van der Waals surface area (Å²) in [6.07, 6.45) is 0. The van der Waals surface area contributed by atoms with Gasteiger partial charge in [0.05, 0.1) is 4.92 Å². The molecule has 2 rings (SSSR count). The van der Waals surface area contributed by atoms with Crippen molar-refractivity contribution >= 4 is 11.4 Å². The van der Waals surface area contributed by atoms with Crippen molar-refractivity contribution in [2.45, 2.75) is 0 Å². The second-order valence-electron chi connectivity index (χ2n) is 3.88. The molecular formula is C15H12N2O2. The van der Waals surface area contributed by atoms with Crippen LogP contribution in [0.25, 0.3) is 0 Å². The minimum Gasteiger partial charge on any atom is -0.388 e. The lowest BCUT2D eigenvalue weighted by Crippen LogP contribution is -1.87. The van der Waals surface area contributed by atoms with Gasteiger partial charge in [0.15, 0.2) is 0 Å². The Bertz CT molecular complexity index is 635. The van der Waals surface area contributed by atoms with Gasteiger partial charge in [-0.25, -0.2) is 0 Å². The van der Waals surface area contributed by atoms with Gasteiger partial charge in [0.2, 0.25) is 0 Å². The van der Waals surface area contributed by atoms with E-state index in [9.17, 15) is 10.1 Å². The molecule has 4 heteroatoms. The fourth-order valence-corrected chi connectivity index (χ4v) is 1.53. The standard InChI is InChI=1S/C15H12N2O2/c1-16-14-8-4-12(5-9-14)2-3-13-6-10-15(11-7-13)17(18)19/h4-11,16H,1H3. The molecular weight excluding hydrogens is 240 g/mol. The van der Waals surface area contributed by atoms with Crippen molar-refractivity contribution in [2.24, 2.45) is 0 Å². The smallest absolute Gasteiger partial charge is 0.269 e. The highest BCUT2D eigenvalue weighted by Gasteiger charge is 2.02. The van der Waals surface area contributed by atoms with Crippen LogP contribution >= 0.6 is 0 Å². The molecule has 0 unspecified atom stereocenters. The first-order valence-electron chi connectivity index (χ1n) is 5.73. The number of nitro groups is 1. The highest BCUT2D eigenvalue weighted by Crippen LogP contribution is 2.11. The topological polar surface area (TPSA) is 55.2 Å². The van der Waals surface area contributed by atoms with Gasteiger partial charge in [-0.1, -0.05) is 11.8 Å². The lowest BCUT2D eigenvalue weighted by atomic mass is 10.1. The Kier molecular flexibility index (Phi) is 3.79. The first-order valence-corrected chi connectivity index (χ1v) is 5.73. The van der Waals surface area contributed by atoms with Crippen LogP contribution < -0.4 is 5.32 Å². The molecule has 0 atom stereocenters. The predicted molar refractivity (Wildman–Crippen MR) is 75.1 cm³/mol. The van der Waals surface area contributed by atoms with Crippen LogP contribution in [0.4, 0.5) is 11.4 Å². The summed E-state index contributed by atoms with van der Waals surface area (Å²) < 4.78 is 0. The summed E-state index contributed by atoms with van der Waals surface area (Å²) in [5, 5.41) is 13.5. The summed E-state index contributed by atoms with van der Waals surface area (Å²) in [5.74, 6) is 5.98. The Morgan fingerprint density at radius 3 is 1.84 bits per heavy atom. The molecule has 0 bridgehead atoms. The molecule has 2 aromatic rings. The maximum atomic E-state index is 10.5. The Hall–Kier alpha value is -2.80. The highest BCUT2D eigenvalue weighted by atomic mass is 16.6. The quantitative estimate of drug-likeness (QED) is 0.507. The predicted octanol–water partition coefficient (Wildman–Crippen LogP) is 3.04. The van der Waals surface area contributed by atoms with E-state index in [1.807, 2.05) is 31.3 Å². The van der Waals surface area contributed by atoms with Crippen LogP contribution in [0.5, 0.6) is 0 Å². The number of hydrogen-bond acceptors (Lipinski definition) is 3. The Balaban J connectivity index is 2.16. The Morgan fingerprint density at radius 2 is 1.42 bits per heavy atom. The van der Waals surface area contributed by atoms with E-state index in [-0.39, 0.29) is 5.69 Å². The van der Waals surface area contributed by atoms with E-state index in [0.29, 0.717) is 0 Å². The van der Waals surface area contributed by atoms with E-state index in [1.165, 1.54) is 12.1 Å².